The third-order valence-corrected chi connectivity index (χ3v) is 5.50. The fourth-order valence-electron chi connectivity index (χ4n) is 3.09. The number of aromatic nitrogens is 1. The maximum atomic E-state index is 13.2. The second-order valence-corrected chi connectivity index (χ2v) is 6.91. The molecule has 3 aromatic rings. The van der Waals surface area contributed by atoms with Crippen molar-refractivity contribution >= 4 is 32.6 Å². The van der Waals surface area contributed by atoms with Gasteiger partial charge >= 0.3 is 0 Å². The summed E-state index contributed by atoms with van der Waals surface area (Å²) in [6.07, 6.45) is 2.58. The molecule has 23 heavy (non-hydrogen) atoms. The van der Waals surface area contributed by atoms with Crippen molar-refractivity contribution in [1.82, 2.24) is 4.98 Å². The highest BCUT2D eigenvalue weighted by Gasteiger charge is 2.45. The lowest BCUT2D eigenvalue weighted by atomic mass is 9.64. The fraction of sp³-hybridized carbons (Fsp3) is 0.222. The number of nitrogens with zero attached hydrogens (tertiary/aromatic N) is 1. The highest BCUT2D eigenvalue weighted by atomic mass is 32.1. The molecule has 1 saturated carbocycles. The van der Waals surface area contributed by atoms with E-state index < -0.39 is 5.41 Å². The molecule has 1 heterocycles. The molecule has 0 radical (unpaired) electrons. The number of para-hydroxylation sites is 1. The molecule has 0 bridgehead atoms. The molecule has 1 aliphatic rings. The molecule has 5 heteroatoms. The van der Waals surface area contributed by atoms with Gasteiger partial charge in [0.25, 0.3) is 0 Å². The van der Waals surface area contributed by atoms with E-state index in [1.54, 1.807) is 12.1 Å². The zero-order valence-corrected chi connectivity index (χ0v) is 13.2. The third kappa shape index (κ3) is 2.41. The van der Waals surface area contributed by atoms with Crippen molar-refractivity contribution in [3.63, 3.8) is 0 Å². The lowest BCUT2D eigenvalue weighted by Crippen LogP contribution is -2.46. The first-order valence-electron chi connectivity index (χ1n) is 7.60. The molecule has 116 valence electrons. The summed E-state index contributed by atoms with van der Waals surface area (Å²) in [6.45, 7) is 0. The Labute approximate surface area is 137 Å². The van der Waals surface area contributed by atoms with E-state index in [0.717, 1.165) is 35.0 Å². The SMILES string of the molecule is O=C(Nc1nc2ccccc2s1)C1(c2ccc(F)cc2)CCC1. The molecule has 1 N–H and O–H groups in total. The van der Waals surface area contributed by atoms with E-state index in [1.807, 2.05) is 24.3 Å². The smallest absolute Gasteiger partial charge is 0.236 e. The normalized spacial score (nSPS) is 16.0. The molecular weight excluding hydrogens is 311 g/mol. The first-order valence-corrected chi connectivity index (χ1v) is 8.42. The van der Waals surface area contributed by atoms with Crippen LogP contribution in [-0.2, 0) is 10.2 Å². The van der Waals surface area contributed by atoms with Crippen molar-refractivity contribution in [2.75, 3.05) is 5.32 Å². The lowest BCUT2D eigenvalue weighted by Gasteiger charge is -2.40. The Morgan fingerprint density at radius 1 is 1.13 bits per heavy atom. The monoisotopic (exact) mass is 326 g/mol. The van der Waals surface area contributed by atoms with E-state index in [9.17, 15) is 9.18 Å². The van der Waals surface area contributed by atoms with Gasteiger partial charge in [-0.2, -0.15) is 0 Å². The van der Waals surface area contributed by atoms with E-state index >= 15 is 0 Å². The van der Waals surface area contributed by atoms with Crippen LogP contribution >= 0.6 is 11.3 Å². The van der Waals surface area contributed by atoms with Crippen LogP contribution in [0, 0.1) is 5.82 Å². The van der Waals surface area contributed by atoms with Crippen LogP contribution in [0.4, 0.5) is 9.52 Å². The molecule has 1 aliphatic carbocycles. The largest absolute Gasteiger partial charge is 0.301 e. The summed E-state index contributed by atoms with van der Waals surface area (Å²) in [4.78, 5) is 17.3. The number of nitrogens with one attached hydrogen (secondary N) is 1. The predicted octanol–water partition coefficient (Wildman–Crippen LogP) is 4.50. The van der Waals surface area contributed by atoms with E-state index in [2.05, 4.69) is 10.3 Å². The van der Waals surface area contributed by atoms with Gasteiger partial charge in [-0.1, -0.05) is 42.0 Å². The van der Waals surface area contributed by atoms with Crippen molar-refractivity contribution in [3.8, 4) is 0 Å². The summed E-state index contributed by atoms with van der Waals surface area (Å²) in [5.41, 5.74) is 1.21. The van der Waals surface area contributed by atoms with Gasteiger partial charge in [-0.05, 0) is 42.7 Å². The van der Waals surface area contributed by atoms with Gasteiger partial charge in [-0.25, -0.2) is 9.37 Å². The van der Waals surface area contributed by atoms with E-state index in [-0.39, 0.29) is 11.7 Å². The molecule has 0 saturated heterocycles. The number of fused-ring (bicyclic) bond motifs is 1. The summed E-state index contributed by atoms with van der Waals surface area (Å²) >= 11 is 1.47. The Kier molecular flexibility index (Phi) is 3.38. The van der Waals surface area contributed by atoms with Crippen LogP contribution in [0.5, 0.6) is 0 Å². The van der Waals surface area contributed by atoms with E-state index in [4.69, 9.17) is 0 Å². The van der Waals surface area contributed by atoms with Gasteiger partial charge in [-0.3, -0.25) is 4.79 Å². The number of halogens is 1. The zero-order chi connectivity index (χ0) is 15.9. The standard InChI is InChI=1S/C18H15FN2OS/c19-13-8-6-12(7-9-13)18(10-3-11-18)16(22)21-17-20-14-4-1-2-5-15(14)23-17/h1-2,4-9H,3,10-11H2,(H,20,21,22). The number of benzene rings is 2. The Morgan fingerprint density at radius 3 is 2.52 bits per heavy atom. The van der Waals surface area contributed by atoms with Crippen molar-refractivity contribution in [2.45, 2.75) is 24.7 Å². The minimum Gasteiger partial charge on any atom is -0.301 e. The molecule has 0 atom stereocenters. The maximum absolute atomic E-state index is 13.2. The Balaban J connectivity index is 1.62. The second kappa shape index (κ2) is 5.42. The number of hydrogen-bond acceptors (Lipinski definition) is 3. The number of amides is 1. The van der Waals surface area contributed by atoms with Crippen LogP contribution in [0.3, 0.4) is 0 Å². The van der Waals surface area contributed by atoms with Gasteiger partial charge < -0.3 is 5.32 Å². The number of rotatable bonds is 3. The lowest BCUT2D eigenvalue weighted by molar-refractivity contribution is -0.124. The van der Waals surface area contributed by atoms with Crippen LogP contribution < -0.4 is 5.32 Å². The van der Waals surface area contributed by atoms with Crippen molar-refractivity contribution < 1.29 is 9.18 Å². The minimum absolute atomic E-state index is 0.0468. The number of hydrogen-bond donors (Lipinski definition) is 1. The summed E-state index contributed by atoms with van der Waals surface area (Å²) in [6, 6.07) is 14.1. The van der Waals surface area contributed by atoms with Crippen molar-refractivity contribution in [3.05, 3.63) is 59.9 Å². The van der Waals surface area contributed by atoms with E-state index in [1.165, 1.54) is 23.5 Å². The summed E-state index contributed by atoms with van der Waals surface area (Å²) < 4.78 is 14.2. The summed E-state index contributed by atoms with van der Waals surface area (Å²) in [5.74, 6) is -0.329. The van der Waals surface area contributed by atoms with Crippen LogP contribution in [0.2, 0.25) is 0 Å². The van der Waals surface area contributed by atoms with Crippen LogP contribution in [-0.4, -0.2) is 10.9 Å². The molecule has 1 aromatic heterocycles. The second-order valence-electron chi connectivity index (χ2n) is 5.88. The Bertz CT molecular complexity index is 835. The highest BCUT2D eigenvalue weighted by Crippen LogP contribution is 2.45. The van der Waals surface area contributed by atoms with Crippen LogP contribution in [0.1, 0.15) is 24.8 Å². The molecule has 1 amide bonds. The number of carbonyl (C=O) groups is 1. The zero-order valence-electron chi connectivity index (χ0n) is 12.4. The quantitative estimate of drug-likeness (QED) is 0.770. The van der Waals surface area contributed by atoms with Gasteiger partial charge in [0, 0.05) is 0 Å². The maximum Gasteiger partial charge on any atom is 0.236 e. The fourth-order valence-corrected chi connectivity index (χ4v) is 3.95. The van der Waals surface area contributed by atoms with Crippen molar-refractivity contribution in [2.24, 2.45) is 0 Å². The van der Waals surface area contributed by atoms with Crippen LogP contribution in [0.15, 0.2) is 48.5 Å². The third-order valence-electron chi connectivity index (χ3n) is 4.55. The van der Waals surface area contributed by atoms with Gasteiger partial charge in [0.2, 0.25) is 5.91 Å². The molecule has 0 unspecified atom stereocenters. The number of thiazole rings is 1. The average molecular weight is 326 g/mol. The number of anilines is 1. The molecule has 1 fully saturated rings. The molecule has 0 spiro atoms. The Morgan fingerprint density at radius 2 is 1.87 bits per heavy atom. The molecule has 0 aliphatic heterocycles. The molecule has 2 aromatic carbocycles. The number of carbonyl (C=O) groups excluding carboxylic acids is 1. The van der Waals surface area contributed by atoms with Gasteiger partial charge in [0.15, 0.2) is 5.13 Å². The van der Waals surface area contributed by atoms with Crippen molar-refractivity contribution in [1.29, 1.82) is 0 Å². The summed E-state index contributed by atoms with van der Waals surface area (Å²) in [5, 5.41) is 3.58. The van der Waals surface area contributed by atoms with Gasteiger partial charge in [0.1, 0.15) is 5.82 Å². The van der Waals surface area contributed by atoms with Gasteiger partial charge in [-0.15, -0.1) is 0 Å². The topological polar surface area (TPSA) is 42.0 Å². The van der Waals surface area contributed by atoms with Gasteiger partial charge in [0.05, 0.1) is 15.6 Å². The minimum atomic E-state index is -0.550. The molecule has 3 nitrogen and oxygen atoms in total. The molecule has 4 rings (SSSR count). The van der Waals surface area contributed by atoms with Crippen LogP contribution in [0.25, 0.3) is 10.2 Å². The molecular formula is C18H15FN2OS. The first-order chi connectivity index (χ1) is 11.2. The summed E-state index contributed by atoms with van der Waals surface area (Å²) in [7, 11) is 0. The average Bonchev–Trinajstić information content (AvgIpc) is 2.90. The predicted molar refractivity (Wildman–Crippen MR) is 90.2 cm³/mol. The highest BCUT2D eigenvalue weighted by molar-refractivity contribution is 7.22. The Hall–Kier alpha value is -2.27. The van der Waals surface area contributed by atoms with E-state index in [0.29, 0.717) is 5.13 Å². The first kappa shape index (κ1) is 14.3.